The van der Waals surface area contributed by atoms with Gasteiger partial charge < -0.3 is 9.84 Å². The van der Waals surface area contributed by atoms with Gasteiger partial charge in [-0.3, -0.25) is 4.90 Å². The van der Waals surface area contributed by atoms with Gasteiger partial charge in [0.15, 0.2) is 6.10 Å². The van der Waals surface area contributed by atoms with Gasteiger partial charge in [-0.15, -0.1) is 0 Å². The first-order valence-electron chi connectivity index (χ1n) is 5.68. The van der Waals surface area contributed by atoms with E-state index in [0.29, 0.717) is 13.2 Å². The Hall–Kier alpha value is -1.13. The molecule has 2 aliphatic rings. The Kier molecular flexibility index (Phi) is 3.74. The van der Waals surface area contributed by atoms with Crippen molar-refractivity contribution in [2.45, 2.75) is 18.9 Å². The van der Waals surface area contributed by atoms with Gasteiger partial charge in [0.2, 0.25) is 0 Å². The summed E-state index contributed by atoms with van der Waals surface area (Å²) in [6.07, 6.45) is 8.08. The third kappa shape index (κ3) is 2.93. The van der Waals surface area contributed by atoms with Crippen LogP contribution in [-0.4, -0.2) is 48.3 Å². The summed E-state index contributed by atoms with van der Waals surface area (Å²) < 4.78 is 5.18. The van der Waals surface area contributed by atoms with Gasteiger partial charge in [-0.25, -0.2) is 4.79 Å². The van der Waals surface area contributed by atoms with Gasteiger partial charge in [0.25, 0.3) is 0 Å². The number of carbonyl (C=O) groups is 1. The molecule has 1 heterocycles. The van der Waals surface area contributed by atoms with Gasteiger partial charge in [-0.2, -0.15) is 0 Å². The Labute approximate surface area is 95.2 Å². The zero-order valence-electron chi connectivity index (χ0n) is 9.26. The summed E-state index contributed by atoms with van der Waals surface area (Å²) in [5.74, 6) is -0.863. The topological polar surface area (TPSA) is 49.8 Å². The third-order valence-corrected chi connectivity index (χ3v) is 2.90. The molecule has 4 nitrogen and oxygen atoms in total. The molecule has 1 saturated heterocycles. The standard InChI is InChI=1S/C12H17NO3/c14-12(15)11-9-13(6-7-16-11)8-10-4-2-1-3-5-10/h2,4-5,11H,1,3,6-9H2,(H,14,15). The maximum absolute atomic E-state index is 10.8. The second-order valence-electron chi connectivity index (χ2n) is 4.19. The Balaban J connectivity index is 1.87. The van der Waals surface area contributed by atoms with Crippen LogP contribution in [0.5, 0.6) is 0 Å². The number of carboxylic acid groups (broad SMARTS) is 1. The van der Waals surface area contributed by atoms with Gasteiger partial charge in [-0.05, 0) is 18.4 Å². The predicted octanol–water partition coefficient (Wildman–Crippen LogP) is 1.05. The molecule has 2 rings (SSSR count). The van der Waals surface area contributed by atoms with Crippen LogP contribution < -0.4 is 0 Å². The summed E-state index contributed by atoms with van der Waals surface area (Å²) in [7, 11) is 0. The predicted molar refractivity (Wildman–Crippen MR) is 60.3 cm³/mol. The molecule has 0 amide bonds. The van der Waals surface area contributed by atoms with E-state index in [9.17, 15) is 4.79 Å². The highest BCUT2D eigenvalue weighted by Crippen LogP contribution is 2.13. The van der Waals surface area contributed by atoms with Gasteiger partial charge >= 0.3 is 5.97 Å². The van der Waals surface area contributed by atoms with Gasteiger partial charge in [0.1, 0.15) is 0 Å². The average molecular weight is 223 g/mol. The molecular weight excluding hydrogens is 206 g/mol. The monoisotopic (exact) mass is 223 g/mol. The number of morpholine rings is 1. The lowest BCUT2D eigenvalue weighted by Gasteiger charge is -2.31. The van der Waals surface area contributed by atoms with Crippen molar-refractivity contribution in [1.29, 1.82) is 0 Å². The maximum Gasteiger partial charge on any atom is 0.334 e. The Morgan fingerprint density at radius 1 is 1.56 bits per heavy atom. The third-order valence-electron chi connectivity index (χ3n) is 2.90. The van der Waals surface area contributed by atoms with Crippen LogP contribution in [0.25, 0.3) is 0 Å². The number of nitrogens with zero attached hydrogens (tertiary/aromatic N) is 1. The highest BCUT2D eigenvalue weighted by atomic mass is 16.5. The summed E-state index contributed by atoms with van der Waals surface area (Å²) in [5.41, 5.74) is 1.29. The van der Waals surface area contributed by atoms with E-state index in [0.717, 1.165) is 25.9 Å². The van der Waals surface area contributed by atoms with E-state index in [2.05, 4.69) is 23.1 Å². The zero-order valence-corrected chi connectivity index (χ0v) is 9.26. The summed E-state index contributed by atoms with van der Waals surface area (Å²) in [4.78, 5) is 13.0. The van der Waals surface area contributed by atoms with Crippen LogP contribution in [0, 0.1) is 0 Å². The van der Waals surface area contributed by atoms with E-state index in [4.69, 9.17) is 9.84 Å². The molecule has 1 aliphatic carbocycles. The molecule has 0 aromatic carbocycles. The van der Waals surface area contributed by atoms with Crippen molar-refractivity contribution in [3.05, 3.63) is 23.8 Å². The minimum absolute atomic E-state index is 0.487. The summed E-state index contributed by atoms with van der Waals surface area (Å²) in [5, 5.41) is 8.88. The van der Waals surface area contributed by atoms with Crippen molar-refractivity contribution in [3.63, 3.8) is 0 Å². The van der Waals surface area contributed by atoms with Crippen molar-refractivity contribution in [1.82, 2.24) is 4.90 Å². The number of carboxylic acids is 1. The lowest BCUT2D eigenvalue weighted by molar-refractivity contribution is -0.155. The van der Waals surface area contributed by atoms with Crippen LogP contribution in [0.4, 0.5) is 0 Å². The van der Waals surface area contributed by atoms with Crippen LogP contribution in [0.15, 0.2) is 23.8 Å². The average Bonchev–Trinajstić information content (AvgIpc) is 2.30. The van der Waals surface area contributed by atoms with E-state index < -0.39 is 12.1 Å². The van der Waals surface area contributed by atoms with Crippen LogP contribution >= 0.6 is 0 Å². The van der Waals surface area contributed by atoms with Crippen molar-refractivity contribution in [3.8, 4) is 0 Å². The number of allylic oxidation sites excluding steroid dienone is 2. The fourth-order valence-corrected chi connectivity index (χ4v) is 2.04. The minimum atomic E-state index is -0.863. The van der Waals surface area contributed by atoms with Crippen LogP contribution in [-0.2, 0) is 9.53 Å². The normalized spacial score (nSPS) is 26.5. The Bertz CT molecular complexity index is 322. The number of aliphatic carboxylic acids is 1. The molecule has 1 unspecified atom stereocenters. The number of rotatable bonds is 3. The second-order valence-corrected chi connectivity index (χ2v) is 4.19. The van der Waals surface area contributed by atoms with E-state index in [-0.39, 0.29) is 0 Å². The molecular formula is C12H17NO3. The molecule has 0 aromatic rings. The smallest absolute Gasteiger partial charge is 0.334 e. The molecule has 0 bridgehead atoms. The molecule has 0 spiro atoms. The molecule has 0 radical (unpaired) electrons. The Morgan fingerprint density at radius 3 is 3.12 bits per heavy atom. The first kappa shape index (κ1) is 11.4. The molecule has 1 aliphatic heterocycles. The van der Waals surface area contributed by atoms with Crippen molar-refractivity contribution in [2.24, 2.45) is 0 Å². The summed E-state index contributed by atoms with van der Waals surface area (Å²) in [6, 6.07) is 0. The largest absolute Gasteiger partial charge is 0.479 e. The molecule has 0 aromatic heterocycles. The van der Waals surface area contributed by atoms with E-state index in [1.807, 2.05) is 0 Å². The van der Waals surface area contributed by atoms with E-state index in [1.165, 1.54) is 5.57 Å². The maximum atomic E-state index is 10.8. The van der Waals surface area contributed by atoms with Crippen LogP contribution in [0.3, 0.4) is 0 Å². The molecule has 1 fully saturated rings. The quantitative estimate of drug-likeness (QED) is 0.777. The van der Waals surface area contributed by atoms with Crippen molar-refractivity contribution >= 4 is 5.97 Å². The van der Waals surface area contributed by atoms with Crippen molar-refractivity contribution in [2.75, 3.05) is 26.2 Å². The summed E-state index contributed by atoms with van der Waals surface area (Å²) in [6.45, 7) is 2.65. The highest BCUT2D eigenvalue weighted by molar-refractivity contribution is 5.72. The lowest BCUT2D eigenvalue weighted by Crippen LogP contribution is -2.46. The zero-order chi connectivity index (χ0) is 11.4. The summed E-state index contributed by atoms with van der Waals surface area (Å²) >= 11 is 0. The van der Waals surface area contributed by atoms with Gasteiger partial charge in [-0.1, -0.05) is 18.2 Å². The van der Waals surface area contributed by atoms with Gasteiger partial charge in [0, 0.05) is 19.6 Å². The molecule has 4 heteroatoms. The molecule has 16 heavy (non-hydrogen) atoms. The first-order valence-corrected chi connectivity index (χ1v) is 5.68. The highest BCUT2D eigenvalue weighted by Gasteiger charge is 2.26. The second kappa shape index (κ2) is 5.27. The van der Waals surface area contributed by atoms with Crippen LogP contribution in [0.2, 0.25) is 0 Å². The SMILES string of the molecule is O=C(O)C1CN(CC2=CCCC=C2)CCO1. The van der Waals surface area contributed by atoms with Gasteiger partial charge in [0.05, 0.1) is 6.61 Å². The van der Waals surface area contributed by atoms with Crippen molar-refractivity contribution < 1.29 is 14.6 Å². The number of hydrogen-bond donors (Lipinski definition) is 1. The molecule has 88 valence electrons. The number of ether oxygens (including phenoxy) is 1. The lowest BCUT2D eigenvalue weighted by atomic mass is 10.1. The Morgan fingerprint density at radius 2 is 2.44 bits per heavy atom. The van der Waals surface area contributed by atoms with E-state index >= 15 is 0 Å². The first-order chi connectivity index (χ1) is 7.75. The van der Waals surface area contributed by atoms with E-state index in [1.54, 1.807) is 0 Å². The fourth-order valence-electron chi connectivity index (χ4n) is 2.04. The fraction of sp³-hybridized carbons (Fsp3) is 0.583. The van der Waals surface area contributed by atoms with Crippen LogP contribution in [0.1, 0.15) is 12.8 Å². The molecule has 0 saturated carbocycles. The minimum Gasteiger partial charge on any atom is -0.479 e. The molecule has 1 atom stereocenters. The molecule has 1 N–H and O–H groups in total. The number of hydrogen-bond acceptors (Lipinski definition) is 3.